The van der Waals surface area contributed by atoms with Crippen LogP contribution in [0.25, 0.3) is 0 Å². The molecule has 1 aromatic carbocycles. The average molecular weight is 214 g/mol. The second-order valence-corrected chi connectivity index (χ2v) is 3.67. The van der Waals surface area contributed by atoms with Gasteiger partial charge in [-0.1, -0.05) is 18.2 Å². The zero-order chi connectivity index (χ0) is 9.26. The summed E-state index contributed by atoms with van der Waals surface area (Å²) < 4.78 is 5.30. The summed E-state index contributed by atoms with van der Waals surface area (Å²) in [5.74, 6) is 1.62. The Balaban J connectivity index is 0.000000980. The van der Waals surface area contributed by atoms with Crippen LogP contribution in [0.15, 0.2) is 24.3 Å². The van der Waals surface area contributed by atoms with Gasteiger partial charge in [0.25, 0.3) is 0 Å². The van der Waals surface area contributed by atoms with Crippen LogP contribution in [0.1, 0.15) is 24.3 Å². The third kappa shape index (κ3) is 2.02. The molecule has 2 nitrogen and oxygen atoms in total. The van der Waals surface area contributed by atoms with Crippen molar-refractivity contribution in [3.8, 4) is 5.75 Å². The molecule has 0 unspecified atom stereocenters. The number of ether oxygens (including phenoxy) is 1. The van der Waals surface area contributed by atoms with E-state index in [1.54, 1.807) is 7.11 Å². The molecule has 0 heterocycles. The molecule has 1 aromatic rings. The Morgan fingerprint density at radius 2 is 1.93 bits per heavy atom. The first-order chi connectivity index (χ1) is 6.31. The van der Waals surface area contributed by atoms with Crippen molar-refractivity contribution in [2.45, 2.75) is 24.8 Å². The molecule has 3 heteroatoms. The molecule has 78 valence electrons. The minimum atomic E-state index is 0. The van der Waals surface area contributed by atoms with Crippen LogP contribution >= 0.6 is 12.4 Å². The first-order valence-electron chi connectivity index (χ1n) is 4.69. The van der Waals surface area contributed by atoms with Gasteiger partial charge in [-0.2, -0.15) is 0 Å². The van der Waals surface area contributed by atoms with E-state index in [1.165, 1.54) is 5.56 Å². The fraction of sp³-hybridized carbons (Fsp3) is 0.455. The Bertz CT molecular complexity index is 297. The summed E-state index contributed by atoms with van der Waals surface area (Å²) in [5, 5.41) is 0. The molecule has 0 saturated heterocycles. The number of halogens is 1. The molecule has 1 fully saturated rings. The Labute approximate surface area is 90.9 Å². The molecule has 0 bridgehead atoms. The van der Waals surface area contributed by atoms with Crippen molar-refractivity contribution in [3.05, 3.63) is 29.8 Å². The summed E-state index contributed by atoms with van der Waals surface area (Å²) in [4.78, 5) is 0. The maximum absolute atomic E-state index is 5.76. The molecule has 1 aliphatic rings. The zero-order valence-corrected chi connectivity index (χ0v) is 9.09. The Kier molecular flexibility index (Phi) is 3.78. The lowest BCUT2D eigenvalue weighted by Crippen LogP contribution is -2.34. The second kappa shape index (κ2) is 4.67. The fourth-order valence-corrected chi connectivity index (χ4v) is 1.92. The molecule has 0 aliphatic heterocycles. The van der Waals surface area contributed by atoms with Gasteiger partial charge in [-0.05, 0) is 30.4 Å². The lowest BCUT2D eigenvalue weighted by atomic mass is 9.76. The predicted octanol–water partition coefficient (Wildman–Crippen LogP) is 2.32. The molecular weight excluding hydrogens is 198 g/mol. The maximum Gasteiger partial charge on any atom is 0.122 e. The van der Waals surface area contributed by atoms with Crippen molar-refractivity contribution >= 4 is 12.4 Å². The van der Waals surface area contributed by atoms with E-state index in [0.29, 0.717) is 12.0 Å². The fourth-order valence-electron chi connectivity index (χ4n) is 1.92. The van der Waals surface area contributed by atoms with E-state index in [4.69, 9.17) is 10.5 Å². The van der Waals surface area contributed by atoms with Crippen molar-refractivity contribution in [2.24, 2.45) is 5.73 Å². The van der Waals surface area contributed by atoms with Gasteiger partial charge in [0.15, 0.2) is 0 Å². The molecule has 1 saturated carbocycles. The van der Waals surface area contributed by atoms with E-state index in [1.807, 2.05) is 12.1 Å². The highest BCUT2D eigenvalue weighted by atomic mass is 35.5. The lowest BCUT2D eigenvalue weighted by Gasteiger charge is -2.33. The average Bonchev–Trinajstić information content (AvgIpc) is 2.13. The van der Waals surface area contributed by atoms with Crippen LogP contribution < -0.4 is 10.5 Å². The van der Waals surface area contributed by atoms with Crippen LogP contribution in [0.5, 0.6) is 5.75 Å². The van der Waals surface area contributed by atoms with Crippen molar-refractivity contribution in [3.63, 3.8) is 0 Å². The van der Waals surface area contributed by atoms with Gasteiger partial charge in [-0.25, -0.2) is 0 Å². The van der Waals surface area contributed by atoms with Crippen LogP contribution in [-0.4, -0.2) is 13.2 Å². The van der Waals surface area contributed by atoms with Gasteiger partial charge in [0.2, 0.25) is 0 Å². The Morgan fingerprint density at radius 1 is 1.29 bits per heavy atom. The molecule has 0 spiro atoms. The minimum absolute atomic E-state index is 0. The molecular formula is C11H16ClNO. The quantitative estimate of drug-likeness (QED) is 0.819. The zero-order valence-electron chi connectivity index (χ0n) is 8.27. The molecule has 0 atom stereocenters. The SMILES string of the molecule is COc1ccccc1C1CC(N)C1.Cl. The van der Waals surface area contributed by atoms with Crippen molar-refractivity contribution in [1.29, 1.82) is 0 Å². The van der Waals surface area contributed by atoms with Gasteiger partial charge >= 0.3 is 0 Å². The summed E-state index contributed by atoms with van der Waals surface area (Å²) in [6.07, 6.45) is 2.20. The minimum Gasteiger partial charge on any atom is -0.496 e. The van der Waals surface area contributed by atoms with Crippen LogP contribution in [0.4, 0.5) is 0 Å². The normalized spacial score (nSPS) is 24.7. The third-order valence-electron chi connectivity index (χ3n) is 2.75. The van der Waals surface area contributed by atoms with E-state index in [-0.39, 0.29) is 12.4 Å². The van der Waals surface area contributed by atoms with Crippen molar-refractivity contribution in [1.82, 2.24) is 0 Å². The standard InChI is InChI=1S/C11H15NO.ClH/c1-13-11-5-3-2-4-10(11)8-6-9(12)7-8;/h2-5,8-9H,6-7,12H2,1H3;1H. The number of hydrogen-bond acceptors (Lipinski definition) is 2. The first kappa shape index (κ1) is 11.3. The van der Waals surface area contributed by atoms with Gasteiger partial charge in [-0.3, -0.25) is 0 Å². The molecule has 0 radical (unpaired) electrons. The van der Waals surface area contributed by atoms with Crippen LogP contribution in [0.3, 0.4) is 0 Å². The van der Waals surface area contributed by atoms with Crippen molar-refractivity contribution < 1.29 is 4.74 Å². The maximum atomic E-state index is 5.76. The van der Waals surface area contributed by atoms with Gasteiger partial charge in [0.1, 0.15) is 5.75 Å². The summed E-state index contributed by atoms with van der Waals surface area (Å²) in [5.41, 5.74) is 7.07. The highest BCUT2D eigenvalue weighted by Crippen LogP contribution is 2.39. The van der Waals surface area contributed by atoms with Crippen molar-refractivity contribution in [2.75, 3.05) is 7.11 Å². The lowest BCUT2D eigenvalue weighted by molar-refractivity contribution is 0.334. The van der Waals surface area contributed by atoms with E-state index >= 15 is 0 Å². The highest BCUT2D eigenvalue weighted by Gasteiger charge is 2.28. The topological polar surface area (TPSA) is 35.2 Å². The molecule has 2 rings (SSSR count). The van der Waals surface area contributed by atoms with Gasteiger partial charge in [-0.15, -0.1) is 12.4 Å². The number of para-hydroxylation sites is 1. The van der Waals surface area contributed by atoms with E-state index < -0.39 is 0 Å². The Hall–Kier alpha value is -0.730. The van der Waals surface area contributed by atoms with Gasteiger partial charge in [0, 0.05) is 6.04 Å². The van der Waals surface area contributed by atoms with Gasteiger partial charge < -0.3 is 10.5 Å². The smallest absolute Gasteiger partial charge is 0.122 e. The number of hydrogen-bond donors (Lipinski definition) is 1. The second-order valence-electron chi connectivity index (χ2n) is 3.67. The largest absolute Gasteiger partial charge is 0.496 e. The number of nitrogens with two attached hydrogens (primary N) is 1. The predicted molar refractivity (Wildman–Crippen MR) is 60.2 cm³/mol. The molecule has 1 aliphatic carbocycles. The summed E-state index contributed by atoms with van der Waals surface area (Å²) >= 11 is 0. The Morgan fingerprint density at radius 3 is 2.50 bits per heavy atom. The van der Waals surface area contributed by atoms with Crippen LogP contribution in [0.2, 0.25) is 0 Å². The number of benzene rings is 1. The highest BCUT2D eigenvalue weighted by molar-refractivity contribution is 5.85. The third-order valence-corrected chi connectivity index (χ3v) is 2.75. The monoisotopic (exact) mass is 213 g/mol. The summed E-state index contributed by atoms with van der Waals surface area (Å²) in [7, 11) is 1.72. The van der Waals surface area contributed by atoms with E-state index in [0.717, 1.165) is 18.6 Å². The molecule has 14 heavy (non-hydrogen) atoms. The molecule has 0 amide bonds. The molecule has 0 aromatic heterocycles. The summed E-state index contributed by atoms with van der Waals surface area (Å²) in [6.45, 7) is 0. The van der Waals surface area contributed by atoms with Crippen LogP contribution in [-0.2, 0) is 0 Å². The van der Waals surface area contributed by atoms with E-state index in [9.17, 15) is 0 Å². The summed E-state index contributed by atoms with van der Waals surface area (Å²) in [6, 6.07) is 8.60. The van der Waals surface area contributed by atoms with Gasteiger partial charge in [0.05, 0.1) is 7.11 Å². The first-order valence-corrected chi connectivity index (χ1v) is 4.69. The number of rotatable bonds is 2. The van der Waals surface area contributed by atoms with E-state index in [2.05, 4.69) is 12.1 Å². The molecule has 2 N–H and O–H groups in total. The number of methoxy groups -OCH3 is 1. The van der Waals surface area contributed by atoms with Crippen LogP contribution in [0, 0.1) is 0 Å².